The van der Waals surface area contributed by atoms with Gasteiger partial charge in [-0.2, -0.15) is 13.2 Å². The van der Waals surface area contributed by atoms with E-state index in [-0.39, 0.29) is 0 Å². The van der Waals surface area contributed by atoms with Crippen LogP contribution in [0.1, 0.15) is 48.6 Å². The molecule has 0 aromatic heterocycles. The minimum atomic E-state index is -4.41. The fraction of sp³-hybridized carbons (Fsp3) is 0.318. The molecule has 156 valence electrons. The number of aryl methyl sites for hydroxylation is 1. The van der Waals surface area contributed by atoms with E-state index in [4.69, 9.17) is 0 Å². The van der Waals surface area contributed by atoms with Crippen LogP contribution in [-0.2, 0) is 17.4 Å². The van der Waals surface area contributed by atoms with E-state index in [1.807, 2.05) is 6.92 Å². The molecule has 0 bridgehead atoms. The van der Waals surface area contributed by atoms with Gasteiger partial charge < -0.3 is 10.6 Å². The van der Waals surface area contributed by atoms with Gasteiger partial charge in [-0.15, -0.1) is 0 Å². The Morgan fingerprint density at radius 2 is 1.90 bits per heavy atom. The van der Waals surface area contributed by atoms with E-state index in [0.717, 1.165) is 12.1 Å². The van der Waals surface area contributed by atoms with E-state index in [1.54, 1.807) is 26.1 Å². The first-order valence-electron chi connectivity index (χ1n) is 9.31. The van der Waals surface area contributed by atoms with Gasteiger partial charge in [-0.3, -0.25) is 4.79 Å². The number of hydrogen-bond acceptors (Lipinski definition) is 2. The Bertz CT molecular complexity index is 891. The first kappa shape index (κ1) is 22.5. The van der Waals surface area contributed by atoms with Gasteiger partial charge in [0.15, 0.2) is 0 Å². The Labute approximate surface area is 167 Å². The molecular formula is C22H24F4N2O. The van der Waals surface area contributed by atoms with Crippen molar-refractivity contribution in [2.45, 2.75) is 38.9 Å². The predicted octanol–water partition coefficient (Wildman–Crippen LogP) is 5.73. The standard InChI is InChI=1S/C22H24F4N2O/c1-4-5-17-12-18(22(24,25)26)9-6-15(17)8-11-21(29)28-14(2)16-7-10-20(27-3)19(23)13-16/h6-14,27H,4-5H2,1-3H3,(H,28,29)/b11-8+. The molecule has 3 nitrogen and oxygen atoms in total. The second-order valence-corrected chi connectivity index (χ2v) is 6.71. The monoisotopic (exact) mass is 408 g/mol. The van der Waals surface area contributed by atoms with E-state index in [1.165, 1.54) is 24.3 Å². The second kappa shape index (κ2) is 9.58. The topological polar surface area (TPSA) is 41.1 Å². The lowest BCUT2D eigenvalue weighted by Crippen LogP contribution is -2.24. The number of carbonyl (C=O) groups excluding carboxylic acids is 1. The summed E-state index contributed by atoms with van der Waals surface area (Å²) in [6.45, 7) is 3.60. The fourth-order valence-corrected chi connectivity index (χ4v) is 2.94. The normalized spacial score (nSPS) is 12.8. The van der Waals surface area contributed by atoms with Crippen LogP contribution < -0.4 is 10.6 Å². The first-order valence-corrected chi connectivity index (χ1v) is 9.31. The molecule has 2 aromatic rings. The Morgan fingerprint density at radius 1 is 1.17 bits per heavy atom. The van der Waals surface area contributed by atoms with Crippen LogP contribution in [0, 0.1) is 5.82 Å². The lowest BCUT2D eigenvalue weighted by Gasteiger charge is -2.14. The molecule has 1 amide bonds. The van der Waals surface area contributed by atoms with E-state index < -0.39 is 29.5 Å². The average molecular weight is 408 g/mol. The number of nitrogens with one attached hydrogen (secondary N) is 2. The van der Waals surface area contributed by atoms with Gasteiger partial charge in [-0.1, -0.05) is 25.5 Å². The van der Waals surface area contributed by atoms with Gasteiger partial charge in [-0.05, 0) is 60.4 Å². The maximum Gasteiger partial charge on any atom is 0.416 e. The lowest BCUT2D eigenvalue weighted by atomic mass is 9.99. The van der Waals surface area contributed by atoms with Crippen LogP contribution in [0.15, 0.2) is 42.5 Å². The molecule has 2 rings (SSSR count). The van der Waals surface area contributed by atoms with Crippen LogP contribution in [0.4, 0.5) is 23.2 Å². The summed E-state index contributed by atoms with van der Waals surface area (Å²) in [6.07, 6.45) is -0.484. The van der Waals surface area contributed by atoms with Gasteiger partial charge >= 0.3 is 6.18 Å². The van der Waals surface area contributed by atoms with Crippen LogP contribution in [-0.4, -0.2) is 13.0 Å². The largest absolute Gasteiger partial charge is 0.416 e. The van der Waals surface area contributed by atoms with E-state index >= 15 is 0 Å². The summed E-state index contributed by atoms with van der Waals surface area (Å²) in [5.74, 6) is -0.839. The maximum absolute atomic E-state index is 13.9. The fourth-order valence-electron chi connectivity index (χ4n) is 2.94. The highest BCUT2D eigenvalue weighted by molar-refractivity contribution is 5.92. The van der Waals surface area contributed by atoms with Gasteiger partial charge in [0.25, 0.3) is 0 Å². The molecule has 29 heavy (non-hydrogen) atoms. The minimum Gasteiger partial charge on any atom is -0.386 e. The molecule has 0 spiro atoms. The Kier molecular flexibility index (Phi) is 7.42. The molecular weight excluding hydrogens is 384 g/mol. The first-order chi connectivity index (χ1) is 13.7. The van der Waals surface area contributed by atoms with Crippen molar-refractivity contribution in [1.29, 1.82) is 0 Å². The van der Waals surface area contributed by atoms with Crippen LogP contribution in [0.25, 0.3) is 6.08 Å². The van der Waals surface area contributed by atoms with E-state index in [9.17, 15) is 22.4 Å². The number of halogens is 4. The summed E-state index contributed by atoms with van der Waals surface area (Å²) in [6, 6.07) is 7.70. The Balaban J connectivity index is 2.12. The Hall–Kier alpha value is -2.83. The van der Waals surface area contributed by atoms with Crippen molar-refractivity contribution in [3.63, 3.8) is 0 Å². The summed E-state index contributed by atoms with van der Waals surface area (Å²) in [4.78, 5) is 12.2. The number of carbonyl (C=O) groups is 1. The van der Waals surface area contributed by atoms with E-state index in [0.29, 0.717) is 35.2 Å². The molecule has 1 atom stereocenters. The van der Waals surface area contributed by atoms with Crippen molar-refractivity contribution in [1.82, 2.24) is 5.32 Å². The average Bonchev–Trinajstić information content (AvgIpc) is 2.66. The van der Waals surface area contributed by atoms with Gasteiger partial charge in [0, 0.05) is 13.1 Å². The molecule has 2 aromatic carbocycles. The molecule has 0 radical (unpaired) electrons. The number of amides is 1. The summed E-state index contributed by atoms with van der Waals surface area (Å²) in [5.41, 5.74) is 1.35. The number of alkyl halides is 3. The molecule has 0 aliphatic carbocycles. The van der Waals surface area contributed by atoms with Crippen molar-refractivity contribution in [2.75, 3.05) is 12.4 Å². The third-order valence-electron chi connectivity index (χ3n) is 4.53. The molecule has 0 aliphatic rings. The number of benzene rings is 2. The predicted molar refractivity (Wildman–Crippen MR) is 107 cm³/mol. The summed E-state index contributed by atoms with van der Waals surface area (Å²) in [5, 5.41) is 5.45. The Morgan fingerprint density at radius 3 is 2.48 bits per heavy atom. The van der Waals surface area contributed by atoms with Gasteiger partial charge in [-0.25, -0.2) is 4.39 Å². The smallest absolute Gasteiger partial charge is 0.386 e. The van der Waals surface area contributed by atoms with Crippen LogP contribution in [0.2, 0.25) is 0 Å². The highest BCUT2D eigenvalue weighted by atomic mass is 19.4. The molecule has 0 heterocycles. The molecule has 0 saturated carbocycles. The molecule has 0 fully saturated rings. The molecule has 1 unspecified atom stereocenters. The zero-order valence-corrected chi connectivity index (χ0v) is 16.5. The van der Waals surface area contributed by atoms with Crippen LogP contribution >= 0.6 is 0 Å². The highest BCUT2D eigenvalue weighted by Gasteiger charge is 2.30. The SMILES string of the molecule is CCCc1cc(C(F)(F)F)ccc1/C=C/C(=O)NC(C)c1ccc(NC)c(F)c1. The maximum atomic E-state index is 13.9. The number of anilines is 1. The zero-order valence-electron chi connectivity index (χ0n) is 16.5. The van der Waals surface area contributed by atoms with Crippen LogP contribution in [0.3, 0.4) is 0 Å². The quantitative estimate of drug-likeness (QED) is 0.454. The van der Waals surface area contributed by atoms with Crippen LogP contribution in [0.5, 0.6) is 0 Å². The number of rotatable bonds is 7. The van der Waals surface area contributed by atoms with Crippen molar-refractivity contribution in [3.8, 4) is 0 Å². The van der Waals surface area contributed by atoms with Crippen molar-refractivity contribution < 1.29 is 22.4 Å². The third kappa shape index (κ3) is 6.07. The number of hydrogen-bond donors (Lipinski definition) is 2. The summed E-state index contributed by atoms with van der Waals surface area (Å²) < 4.78 is 52.6. The molecule has 0 aliphatic heterocycles. The minimum absolute atomic E-state index is 0.359. The molecule has 7 heteroatoms. The summed E-state index contributed by atoms with van der Waals surface area (Å²) >= 11 is 0. The lowest BCUT2D eigenvalue weighted by molar-refractivity contribution is -0.137. The van der Waals surface area contributed by atoms with Crippen molar-refractivity contribution in [2.24, 2.45) is 0 Å². The summed E-state index contributed by atoms with van der Waals surface area (Å²) in [7, 11) is 1.61. The second-order valence-electron chi connectivity index (χ2n) is 6.71. The van der Waals surface area contributed by atoms with Gasteiger partial charge in [0.2, 0.25) is 5.91 Å². The molecule has 2 N–H and O–H groups in total. The van der Waals surface area contributed by atoms with E-state index in [2.05, 4.69) is 10.6 Å². The van der Waals surface area contributed by atoms with Crippen molar-refractivity contribution in [3.05, 3.63) is 70.5 Å². The zero-order chi connectivity index (χ0) is 21.6. The highest BCUT2D eigenvalue weighted by Crippen LogP contribution is 2.31. The van der Waals surface area contributed by atoms with Gasteiger partial charge in [0.05, 0.1) is 17.3 Å². The van der Waals surface area contributed by atoms with Crippen molar-refractivity contribution >= 4 is 17.7 Å². The van der Waals surface area contributed by atoms with Gasteiger partial charge in [0.1, 0.15) is 5.82 Å². The third-order valence-corrected chi connectivity index (χ3v) is 4.53. The molecule has 0 saturated heterocycles.